The van der Waals surface area contributed by atoms with Gasteiger partial charge in [0.05, 0.1) is 31.7 Å². The number of aryl methyl sites for hydroxylation is 1. The maximum atomic E-state index is 13.6. The van der Waals surface area contributed by atoms with Crippen LogP contribution in [0.2, 0.25) is 0 Å². The minimum absolute atomic E-state index is 0.0597. The van der Waals surface area contributed by atoms with Crippen molar-refractivity contribution in [2.75, 3.05) is 48.4 Å². The van der Waals surface area contributed by atoms with Crippen molar-refractivity contribution in [3.63, 3.8) is 0 Å². The number of benzene rings is 3. The molecule has 0 radical (unpaired) electrons. The molecular weight excluding hydrogens is 466 g/mol. The van der Waals surface area contributed by atoms with Gasteiger partial charge in [-0.25, -0.2) is 8.42 Å². The SMILES string of the molecule is CCc1ccc(C(=O)Nc2ccc(N3CCOCC3)c(S(=O)(=O)Nc3ccccc3OC)c2)cc1. The molecule has 1 heterocycles. The molecule has 0 unspecified atom stereocenters. The summed E-state index contributed by atoms with van der Waals surface area (Å²) in [5.41, 5.74) is 2.88. The van der Waals surface area contributed by atoms with Crippen LogP contribution in [0.3, 0.4) is 0 Å². The largest absolute Gasteiger partial charge is 0.495 e. The molecule has 4 rings (SSSR count). The van der Waals surface area contributed by atoms with Crippen molar-refractivity contribution in [2.24, 2.45) is 0 Å². The molecule has 1 saturated heterocycles. The number of nitrogens with one attached hydrogen (secondary N) is 2. The second-order valence-corrected chi connectivity index (χ2v) is 9.74. The Morgan fingerprint density at radius 1 is 1.03 bits per heavy atom. The van der Waals surface area contributed by atoms with Crippen LogP contribution in [0.4, 0.5) is 17.1 Å². The molecule has 1 aliphatic heterocycles. The predicted molar refractivity (Wildman–Crippen MR) is 137 cm³/mol. The number of carbonyl (C=O) groups is 1. The molecule has 1 aliphatic rings. The molecular formula is C26H29N3O5S. The minimum Gasteiger partial charge on any atom is -0.495 e. The van der Waals surface area contributed by atoms with Gasteiger partial charge in [0.1, 0.15) is 10.6 Å². The third-order valence-electron chi connectivity index (χ3n) is 5.83. The molecule has 3 aromatic rings. The first-order valence-electron chi connectivity index (χ1n) is 11.4. The standard InChI is InChI=1S/C26H29N3O5S/c1-3-19-8-10-20(11-9-19)26(30)27-21-12-13-23(29-14-16-34-17-15-29)25(18-21)35(31,32)28-22-6-4-5-7-24(22)33-2/h4-13,18,28H,3,14-17H2,1-2H3,(H,27,30). The summed E-state index contributed by atoms with van der Waals surface area (Å²) in [6.45, 7) is 4.18. The molecule has 184 valence electrons. The van der Waals surface area contributed by atoms with E-state index in [9.17, 15) is 13.2 Å². The molecule has 8 nitrogen and oxygen atoms in total. The van der Waals surface area contributed by atoms with Crippen LogP contribution in [-0.2, 0) is 21.2 Å². The quantitative estimate of drug-likeness (QED) is 0.487. The van der Waals surface area contributed by atoms with Crippen molar-refractivity contribution in [1.82, 2.24) is 0 Å². The number of methoxy groups -OCH3 is 1. The van der Waals surface area contributed by atoms with Gasteiger partial charge in [-0.15, -0.1) is 0 Å². The van der Waals surface area contributed by atoms with Gasteiger partial charge < -0.3 is 19.7 Å². The fourth-order valence-electron chi connectivity index (χ4n) is 3.90. The minimum atomic E-state index is -4.02. The summed E-state index contributed by atoms with van der Waals surface area (Å²) in [7, 11) is -2.54. The maximum Gasteiger partial charge on any atom is 0.264 e. The van der Waals surface area contributed by atoms with E-state index in [0.717, 1.165) is 12.0 Å². The van der Waals surface area contributed by atoms with Crippen LogP contribution in [0.5, 0.6) is 5.75 Å². The average Bonchev–Trinajstić information content (AvgIpc) is 2.89. The molecule has 0 atom stereocenters. The molecule has 9 heteroatoms. The molecule has 0 bridgehead atoms. The molecule has 2 N–H and O–H groups in total. The highest BCUT2D eigenvalue weighted by Gasteiger charge is 2.25. The fourth-order valence-corrected chi connectivity index (χ4v) is 5.22. The first-order valence-corrected chi connectivity index (χ1v) is 12.9. The normalized spacial score (nSPS) is 13.8. The van der Waals surface area contributed by atoms with E-state index >= 15 is 0 Å². The van der Waals surface area contributed by atoms with Crippen LogP contribution < -0.4 is 19.7 Å². The smallest absolute Gasteiger partial charge is 0.264 e. The third kappa shape index (κ3) is 5.75. The van der Waals surface area contributed by atoms with Crippen molar-refractivity contribution in [1.29, 1.82) is 0 Å². The predicted octanol–water partition coefficient (Wildman–Crippen LogP) is 4.15. The Hall–Kier alpha value is -3.56. The molecule has 3 aromatic carbocycles. The molecule has 1 amide bonds. The highest BCUT2D eigenvalue weighted by Crippen LogP contribution is 2.33. The topological polar surface area (TPSA) is 97.0 Å². The van der Waals surface area contributed by atoms with Gasteiger partial charge in [-0.3, -0.25) is 9.52 Å². The number of amides is 1. The first-order chi connectivity index (χ1) is 16.9. The van der Waals surface area contributed by atoms with Gasteiger partial charge in [0.15, 0.2) is 0 Å². The number of ether oxygens (including phenoxy) is 2. The Kier molecular flexibility index (Phi) is 7.57. The summed E-state index contributed by atoms with van der Waals surface area (Å²) < 4.78 is 40.5. The van der Waals surface area contributed by atoms with Gasteiger partial charge in [0, 0.05) is 24.3 Å². The molecule has 0 saturated carbocycles. The van der Waals surface area contributed by atoms with Gasteiger partial charge in [-0.05, 0) is 54.4 Å². The second-order valence-electron chi connectivity index (χ2n) is 8.09. The van der Waals surface area contributed by atoms with Crippen LogP contribution in [0.1, 0.15) is 22.8 Å². The van der Waals surface area contributed by atoms with Crippen molar-refractivity contribution < 1.29 is 22.7 Å². The van der Waals surface area contributed by atoms with Gasteiger partial charge in [-0.1, -0.05) is 31.2 Å². The molecule has 1 fully saturated rings. The van der Waals surface area contributed by atoms with E-state index in [4.69, 9.17) is 9.47 Å². The van der Waals surface area contributed by atoms with E-state index in [1.807, 2.05) is 24.0 Å². The number of morpholine rings is 1. The van der Waals surface area contributed by atoms with Crippen LogP contribution in [0, 0.1) is 0 Å². The summed E-state index contributed by atoms with van der Waals surface area (Å²) in [6.07, 6.45) is 0.880. The van der Waals surface area contributed by atoms with E-state index in [1.165, 1.54) is 13.2 Å². The Bertz CT molecular complexity index is 1290. The lowest BCUT2D eigenvalue weighted by molar-refractivity contribution is 0.102. The highest BCUT2D eigenvalue weighted by atomic mass is 32.2. The van der Waals surface area contributed by atoms with E-state index in [1.54, 1.807) is 48.5 Å². The lowest BCUT2D eigenvalue weighted by atomic mass is 10.1. The maximum absolute atomic E-state index is 13.6. The zero-order valence-electron chi connectivity index (χ0n) is 19.8. The summed E-state index contributed by atoms with van der Waals surface area (Å²) in [4.78, 5) is 14.8. The number of hydrogen-bond acceptors (Lipinski definition) is 6. The average molecular weight is 496 g/mol. The van der Waals surface area contributed by atoms with Gasteiger partial charge in [0.2, 0.25) is 0 Å². The first kappa shape index (κ1) is 24.6. The second kappa shape index (κ2) is 10.8. The summed E-state index contributed by atoms with van der Waals surface area (Å²) >= 11 is 0. The summed E-state index contributed by atoms with van der Waals surface area (Å²) in [5, 5.41) is 2.83. The summed E-state index contributed by atoms with van der Waals surface area (Å²) in [5.74, 6) is 0.0943. The Labute approximate surface area is 205 Å². The van der Waals surface area contributed by atoms with Crippen LogP contribution >= 0.6 is 0 Å². The summed E-state index contributed by atoms with van der Waals surface area (Å²) in [6, 6.07) is 19.1. The molecule has 0 aliphatic carbocycles. The van der Waals surface area contributed by atoms with E-state index in [-0.39, 0.29) is 10.8 Å². The zero-order chi connectivity index (χ0) is 24.8. The lowest BCUT2D eigenvalue weighted by Gasteiger charge is -2.30. The van der Waals surface area contributed by atoms with Gasteiger partial charge >= 0.3 is 0 Å². The fraction of sp³-hybridized carbons (Fsp3) is 0.269. The van der Waals surface area contributed by atoms with E-state index < -0.39 is 10.0 Å². The zero-order valence-corrected chi connectivity index (χ0v) is 20.6. The highest BCUT2D eigenvalue weighted by molar-refractivity contribution is 7.93. The number of hydrogen-bond donors (Lipinski definition) is 2. The van der Waals surface area contributed by atoms with Crippen molar-refractivity contribution in [3.8, 4) is 5.75 Å². The van der Waals surface area contributed by atoms with Gasteiger partial charge in [0.25, 0.3) is 15.9 Å². The van der Waals surface area contributed by atoms with E-state index in [2.05, 4.69) is 10.0 Å². The Balaban J connectivity index is 1.68. The molecule has 35 heavy (non-hydrogen) atoms. The van der Waals surface area contributed by atoms with Crippen molar-refractivity contribution in [2.45, 2.75) is 18.2 Å². The number of nitrogens with zero attached hydrogens (tertiary/aromatic N) is 1. The molecule has 0 spiro atoms. The van der Waals surface area contributed by atoms with Crippen molar-refractivity contribution >= 4 is 33.0 Å². The Morgan fingerprint density at radius 2 is 1.74 bits per heavy atom. The third-order valence-corrected chi connectivity index (χ3v) is 7.23. The molecule has 0 aromatic heterocycles. The van der Waals surface area contributed by atoms with Gasteiger partial charge in [-0.2, -0.15) is 0 Å². The Morgan fingerprint density at radius 3 is 2.43 bits per heavy atom. The number of carbonyl (C=O) groups excluding carboxylic acids is 1. The van der Waals surface area contributed by atoms with Crippen LogP contribution in [0.15, 0.2) is 71.6 Å². The lowest BCUT2D eigenvalue weighted by Crippen LogP contribution is -2.37. The van der Waals surface area contributed by atoms with Crippen LogP contribution in [-0.4, -0.2) is 47.7 Å². The van der Waals surface area contributed by atoms with E-state index in [0.29, 0.717) is 54.7 Å². The number of rotatable bonds is 8. The number of sulfonamides is 1. The number of anilines is 3. The number of para-hydroxylation sites is 2. The van der Waals surface area contributed by atoms with Crippen molar-refractivity contribution in [3.05, 3.63) is 77.9 Å². The monoisotopic (exact) mass is 495 g/mol. The van der Waals surface area contributed by atoms with Crippen LogP contribution in [0.25, 0.3) is 0 Å².